The Labute approximate surface area is 203 Å². The average Bonchev–Trinajstić information content (AvgIpc) is 3.47. The van der Waals surface area contributed by atoms with Crippen LogP contribution in [0.3, 0.4) is 0 Å². The van der Waals surface area contributed by atoms with E-state index >= 15 is 0 Å². The van der Waals surface area contributed by atoms with Crippen LogP contribution in [0.5, 0.6) is 0 Å². The molecule has 7 nitrogen and oxygen atoms in total. The summed E-state index contributed by atoms with van der Waals surface area (Å²) in [6, 6.07) is 14.1. The lowest BCUT2D eigenvalue weighted by atomic mass is 9.74. The summed E-state index contributed by atoms with van der Waals surface area (Å²) in [5, 5.41) is 5.74. The van der Waals surface area contributed by atoms with Crippen LogP contribution < -0.4 is 10.6 Å². The number of carbonyl (C=O) groups is 3. The van der Waals surface area contributed by atoms with Gasteiger partial charge in [-0.1, -0.05) is 56.3 Å². The van der Waals surface area contributed by atoms with Gasteiger partial charge in [-0.15, -0.1) is 0 Å². The second-order valence-corrected chi connectivity index (χ2v) is 9.79. The molecule has 0 radical (unpaired) electrons. The Balaban J connectivity index is 1.42. The summed E-state index contributed by atoms with van der Waals surface area (Å²) in [7, 11) is 0. The van der Waals surface area contributed by atoms with Crippen molar-refractivity contribution >= 4 is 23.4 Å². The molecule has 0 aromatic heterocycles. The van der Waals surface area contributed by atoms with Crippen LogP contribution in [0.4, 0.5) is 10.1 Å². The van der Waals surface area contributed by atoms with E-state index < -0.39 is 35.4 Å². The van der Waals surface area contributed by atoms with Crippen LogP contribution in [0.2, 0.25) is 0 Å². The molecule has 182 valence electrons. The number of hydrogen-bond donors (Lipinski definition) is 2. The van der Waals surface area contributed by atoms with Gasteiger partial charge in [0.1, 0.15) is 17.5 Å². The van der Waals surface area contributed by atoms with Gasteiger partial charge in [0.25, 0.3) is 0 Å². The first-order valence-electron chi connectivity index (χ1n) is 11.9. The number of anilines is 1. The van der Waals surface area contributed by atoms with Crippen molar-refractivity contribution in [2.75, 3.05) is 11.9 Å². The van der Waals surface area contributed by atoms with E-state index in [4.69, 9.17) is 4.74 Å². The van der Waals surface area contributed by atoms with Gasteiger partial charge < -0.3 is 20.3 Å². The minimum atomic E-state index is -1.21. The Kier molecular flexibility index (Phi) is 5.92. The number of benzene rings is 2. The molecule has 5 rings (SSSR count). The molecule has 0 saturated carbocycles. The molecule has 0 unspecified atom stereocenters. The number of halogens is 1. The molecule has 2 saturated heterocycles. The third-order valence-electron chi connectivity index (χ3n) is 6.91. The van der Waals surface area contributed by atoms with Crippen molar-refractivity contribution in [2.45, 2.75) is 38.1 Å². The molecule has 2 aromatic carbocycles. The summed E-state index contributed by atoms with van der Waals surface area (Å²) in [6.45, 7) is 4.65. The highest BCUT2D eigenvalue weighted by Gasteiger charge is 2.72. The van der Waals surface area contributed by atoms with E-state index in [2.05, 4.69) is 10.6 Å². The van der Waals surface area contributed by atoms with Crippen LogP contribution in [0.25, 0.3) is 0 Å². The fourth-order valence-electron chi connectivity index (χ4n) is 5.50. The van der Waals surface area contributed by atoms with E-state index in [0.29, 0.717) is 18.8 Å². The summed E-state index contributed by atoms with van der Waals surface area (Å²) in [6.07, 6.45) is 2.94. The van der Waals surface area contributed by atoms with Gasteiger partial charge in [0, 0.05) is 18.8 Å². The molecule has 0 aliphatic carbocycles. The van der Waals surface area contributed by atoms with Crippen molar-refractivity contribution in [2.24, 2.45) is 17.8 Å². The lowest BCUT2D eigenvalue weighted by Crippen LogP contribution is -2.55. The molecule has 3 heterocycles. The van der Waals surface area contributed by atoms with Gasteiger partial charge >= 0.3 is 0 Å². The predicted molar refractivity (Wildman–Crippen MR) is 127 cm³/mol. The smallest absolute Gasteiger partial charge is 0.246 e. The molecule has 3 aliphatic rings. The maximum atomic E-state index is 13.7. The van der Waals surface area contributed by atoms with Crippen LogP contribution in [-0.2, 0) is 25.7 Å². The molecule has 3 aliphatic heterocycles. The average molecular weight is 478 g/mol. The van der Waals surface area contributed by atoms with Gasteiger partial charge in [-0.2, -0.15) is 0 Å². The molecule has 5 atom stereocenters. The van der Waals surface area contributed by atoms with Gasteiger partial charge in [-0.3, -0.25) is 14.4 Å². The zero-order valence-electron chi connectivity index (χ0n) is 19.6. The minimum absolute atomic E-state index is 0.117. The Morgan fingerprint density at radius 2 is 1.80 bits per heavy atom. The number of hydrogen-bond acceptors (Lipinski definition) is 4. The maximum Gasteiger partial charge on any atom is 0.246 e. The number of amides is 3. The van der Waals surface area contributed by atoms with E-state index in [-0.39, 0.29) is 23.6 Å². The van der Waals surface area contributed by atoms with Gasteiger partial charge in [-0.05, 0) is 35.7 Å². The van der Waals surface area contributed by atoms with Crippen molar-refractivity contribution in [1.29, 1.82) is 0 Å². The van der Waals surface area contributed by atoms with Gasteiger partial charge in [0.05, 0.1) is 17.9 Å². The molecule has 2 aromatic rings. The van der Waals surface area contributed by atoms with Crippen LogP contribution >= 0.6 is 0 Å². The summed E-state index contributed by atoms with van der Waals surface area (Å²) in [5.74, 6) is -2.86. The van der Waals surface area contributed by atoms with E-state index in [1.807, 2.05) is 44.2 Å². The first kappa shape index (κ1) is 23.2. The molecule has 2 bridgehead atoms. The van der Waals surface area contributed by atoms with Crippen LogP contribution in [0.1, 0.15) is 19.4 Å². The number of nitrogens with zero attached hydrogens (tertiary/aromatic N) is 1. The first-order valence-corrected chi connectivity index (χ1v) is 11.9. The van der Waals surface area contributed by atoms with Crippen LogP contribution in [0.15, 0.2) is 66.7 Å². The third kappa shape index (κ3) is 4.01. The number of carbonyl (C=O) groups excluding carboxylic acids is 3. The normalized spacial score (nSPS) is 28.5. The Morgan fingerprint density at radius 3 is 2.49 bits per heavy atom. The van der Waals surface area contributed by atoms with E-state index in [0.717, 1.165) is 5.56 Å². The largest absolute Gasteiger partial charge is 0.359 e. The summed E-state index contributed by atoms with van der Waals surface area (Å²) < 4.78 is 19.6. The first-order chi connectivity index (χ1) is 16.8. The zero-order chi connectivity index (χ0) is 24.7. The zero-order valence-corrected chi connectivity index (χ0v) is 19.6. The van der Waals surface area contributed by atoms with Gasteiger partial charge in [0.2, 0.25) is 17.7 Å². The summed E-state index contributed by atoms with van der Waals surface area (Å²) >= 11 is 0. The lowest BCUT2D eigenvalue weighted by molar-refractivity contribution is -0.141. The SMILES string of the molecule is CC(C)CN1C(=O)[C@@H]2[C@@H](C(=O)Nc3ccc(F)cc3)[C@H]3C=C[C@@]2(O3)[C@@H]1C(=O)NCc1ccccc1. The Bertz CT molecular complexity index is 1170. The molecule has 3 amide bonds. The molecule has 35 heavy (non-hydrogen) atoms. The van der Waals surface area contributed by atoms with E-state index in [1.165, 1.54) is 24.3 Å². The lowest BCUT2D eigenvalue weighted by Gasteiger charge is -2.32. The number of nitrogens with one attached hydrogen (secondary N) is 2. The van der Waals surface area contributed by atoms with Crippen molar-refractivity contribution in [3.63, 3.8) is 0 Å². The second kappa shape index (κ2) is 8.92. The van der Waals surface area contributed by atoms with E-state index in [9.17, 15) is 18.8 Å². The quantitative estimate of drug-likeness (QED) is 0.601. The number of ether oxygens (including phenoxy) is 1. The molecule has 8 heteroatoms. The monoisotopic (exact) mass is 477 g/mol. The molecule has 1 spiro atoms. The van der Waals surface area contributed by atoms with Crippen molar-refractivity contribution < 1.29 is 23.5 Å². The topological polar surface area (TPSA) is 87.7 Å². The predicted octanol–water partition coefficient (Wildman–Crippen LogP) is 2.89. The highest BCUT2D eigenvalue weighted by atomic mass is 19.1. The fourth-order valence-corrected chi connectivity index (χ4v) is 5.50. The van der Waals surface area contributed by atoms with Crippen LogP contribution in [-0.4, -0.2) is 46.9 Å². The van der Waals surface area contributed by atoms with E-state index in [1.54, 1.807) is 17.1 Å². The van der Waals surface area contributed by atoms with Crippen LogP contribution in [0, 0.1) is 23.6 Å². The summed E-state index contributed by atoms with van der Waals surface area (Å²) in [5.41, 5.74) is 0.166. The highest BCUT2D eigenvalue weighted by Crippen LogP contribution is 2.55. The second-order valence-electron chi connectivity index (χ2n) is 9.79. The summed E-state index contributed by atoms with van der Waals surface area (Å²) in [4.78, 5) is 42.1. The van der Waals surface area contributed by atoms with Crippen molar-refractivity contribution in [3.05, 3.63) is 78.1 Å². The standard InChI is InChI=1S/C27H28FN3O4/c1-16(2)15-31-23(25(33)29-14-17-6-4-3-5-7-17)27-13-12-20(35-27)21(22(27)26(31)34)24(32)30-19-10-8-18(28)9-11-19/h3-13,16,20-23H,14-15H2,1-2H3,(H,29,33)(H,30,32)/t20-,21+,22+,23+,27+/m1/s1. The number of rotatable bonds is 7. The molecule has 2 N–H and O–H groups in total. The van der Waals surface area contributed by atoms with Crippen molar-refractivity contribution in [3.8, 4) is 0 Å². The Hall–Kier alpha value is -3.52. The van der Waals surface area contributed by atoms with Gasteiger partial charge in [0.15, 0.2) is 0 Å². The number of fused-ring (bicyclic) bond motifs is 1. The highest BCUT2D eigenvalue weighted by molar-refractivity contribution is 6.02. The van der Waals surface area contributed by atoms with Crippen molar-refractivity contribution in [1.82, 2.24) is 10.2 Å². The minimum Gasteiger partial charge on any atom is -0.359 e. The molecule has 2 fully saturated rings. The Morgan fingerprint density at radius 1 is 1.09 bits per heavy atom. The molecular weight excluding hydrogens is 449 g/mol. The fraction of sp³-hybridized carbons (Fsp3) is 0.370. The molecular formula is C27H28FN3O4. The third-order valence-corrected chi connectivity index (χ3v) is 6.91. The van der Waals surface area contributed by atoms with Gasteiger partial charge in [-0.25, -0.2) is 4.39 Å². The number of likely N-dealkylation sites (tertiary alicyclic amines) is 1. The maximum absolute atomic E-state index is 13.7.